The molecule has 0 saturated heterocycles. The van der Waals surface area contributed by atoms with Gasteiger partial charge in [0.05, 0.1) is 6.04 Å². The van der Waals surface area contributed by atoms with E-state index in [1.165, 1.54) is 10.9 Å². The van der Waals surface area contributed by atoms with Gasteiger partial charge in [0.25, 0.3) is 0 Å². The summed E-state index contributed by atoms with van der Waals surface area (Å²) < 4.78 is 2.03. The molecular weight excluding hydrogens is 186 g/mol. The molecule has 2 aromatic rings. The first-order chi connectivity index (χ1) is 7.11. The van der Waals surface area contributed by atoms with Crippen molar-refractivity contribution in [3.63, 3.8) is 0 Å². The first-order valence-corrected chi connectivity index (χ1v) is 5.18. The maximum Gasteiger partial charge on any atom is 0.152 e. The summed E-state index contributed by atoms with van der Waals surface area (Å²) >= 11 is 0. The SMILES string of the molecule is CC(=O)C(C)n1ccc2c(C)cccc21. The van der Waals surface area contributed by atoms with Crippen LogP contribution in [0.5, 0.6) is 0 Å². The molecule has 0 N–H and O–H groups in total. The molecule has 15 heavy (non-hydrogen) atoms. The van der Waals surface area contributed by atoms with Crippen molar-refractivity contribution in [2.75, 3.05) is 0 Å². The molecule has 0 aliphatic carbocycles. The van der Waals surface area contributed by atoms with E-state index in [9.17, 15) is 4.79 Å². The lowest BCUT2D eigenvalue weighted by molar-refractivity contribution is -0.119. The zero-order valence-corrected chi connectivity index (χ0v) is 9.32. The molecule has 0 bridgehead atoms. The third kappa shape index (κ3) is 1.56. The Morgan fingerprint density at radius 1 is 1.33 bits per heavy atom. The Bertz CT molecular complexity index is 510. The fraction of sp³-hybridized carbons (Fsp3) is 0.308. The van der Waals surface area contributed by atoms with Crippen molar-refractivity contribution in [2.45, 2.75) is 26.8 Å². The van der Waals surface area contributed by atoms with Gasteiger partial charge in [-0.25, -0.2) is 0 Å². The molecule has 0 saturated carbocycles. The summed E-state index contributed by atoms with van der Waals surface area (Å²) in [6.45, 7) is 5.65. The highest BCUT2D eigenvalue weighted by atomic mass is 16.1. The van der Waals surface area contributed by atoms with Gasteiger partial charge in [0.15, 0.2) is 5.78 Å². The molecule has 0 amide bonds. The summed E-state index contributed by atoms with van der Waals surface area (Å²) in [5.74, 6) is 0.189. The molecule has 0 aliphatic rings. The van der Waals surface area contributed by atoms with E-state index in [4.69, 9.17) is 0 Å². The molecular formula is C13H15NO. The minimum absolute atomic E-state index is 0.0794. The van der Waals surface area contributed by atoms with Crippen molar-refractivity contribution < 1.29 is 4.79 Å². The Balaban J connectivity index is 2.64. The molecule has 1 aromatic heterocycles. The van der Waals surface area contributed by atoms with Crippen molar-refractivity contribution in [3.05, 3.63) is 36.0 Å². The number of aryl methyl sites for hydroxylation is 1. The molecule has 0 spiro atoms. The van der Waals surface area contributed by atoms with Crippen LogP contribution in [-0.2, 0) is 4.79 Å². The quantitative estimate of drug-likeness (QED) is 0.731. The number of Topliss-reactive ketones (excluding diaryl/α,β-unsaturated/α-hetero) is 1. The Morgan fingerprint density at radius 3 is 2.73 bits per heavy atom. The van der Waals surface area contributed by atoms with Crippen LogP contribution < -0.4 is 0 Å². The first-order valence-electron chi connectivity index (χ1n) is 5.18. The summed E-state index contributed by atoms with van der Waals surface area (Å²) in [5, 5.41) is 1.23. The van der Waals surface area contributed by atoms with Gasteiger partial charge in [-0.1, -0.05) is 12.1 Å². The molecule has 0 fully saturated rings. The molecule has 2 rings (SSSR count). The van der Waals surface area contributed by atoms with Crippen LogP contribution in [0.25, 0.3) is 10.9 Å². The van der Waals surface area contributed by atoms with Gasteiger partial charge in [-0.3, -0.25) is 4.79 Å². The van der Waals surface area contributed by atoms with E-state index >= 15 is 0 Å². The van der Waals surface area contributed by atoms with Gasteiger partial charge in [-0.15, -0.1) is 0 Å². The zero-order valence-electron chi connectivity index (χ0n) is 9.32. The lowest BCUT2D eigenvalue weighted by Crippen LogP contribution is -2.11. The third-order valence-electron chi connectivity index (χ3n) is 2.99. The molecule has 1 atom stereocenters. The van der Waals surface area contributed by atoms with Crippen LogP contribution in [0, 0.1) is 6.92 Å². The monoisotopic (exact) mass is 201 g/mol. The van der Waals surface area contributed by atoms with E-state index in [0.717, 1.165) is 5.52 Å². The number of aromatic nitrogens is 1. The highest BCUT2D eigenvalue weighted by Gasteiger charge is 2.12. The lowest BCUT2D eigenvalue weighted by atomic mass is 10.1. The van der Waals surface area contributed by atoms with E-state index in [1.54, 1.807) is 6.92 Å². The predicted molar refractivity (Wildman–Crippen MR) is 62.1 cm³/mol. The van der Waals surface area contributed by atoms with Crippen LogP contribution in [0.15, 0.2) is 30.5 Å². The number of hydrogen-bond acceptors (Lipinski definition) is 1. The van der Waals surface area contributed by atoms with Gasteiger partial charge in [0.2, 0.25) is 0 Å². The Hall–Kier alpha value is -1.57. The van der Waals surface area contributed by atoms with Crippen LogP contribution in [0.1, 0.15) is 25.5 Å². The number of fused-ring (bicyclic) bond motifs is 1. The van der Waals surface area contributed by atoms with Crippen LogP contribution >= 0.6 is 0 Å². The maximum absolute atomic E-state index is 11.3. The summed E-state index contributed by atoms with van der Waals surface area (Å²) in [4.78, 5) is 11.3. The van der Waals surface area contributed by atoms with E-state index in [2.05, 4.69) is 25.1 Å². The summed E-state index contributed by atoms with van der Waals surface area (Å²) in [6, 6.07) is 8.17. The number of benzene rings is 1. The first kappa shape index (κ1) is 9.97. The van der Waals surface area contributed by atoms with E-state index < -0.39 is 0 Å². The molecule has 1 aromatic carbocycles. The number of rotatable bonds is 2. The van der Waals surface area contributed by atoms with Crippen molar-refractivity contribution in [1.29, 1.82) is 0 Å². The molecule has 1 unspecified atom stereocenters. The smallest absolute Gasteiger partial charge is 0.152 e. The second kappa shape index (κ2) is 3.54. The molecule has 2 heteroatoms. The normalized spacial score (nSPS) is 13.0. The van der Waals surface area contributed by atoms with Crippen molar-refractivity contribution in [3.8, 4) is 0 Å². The Kier molecular flexibility index (Phi) is 2.35. The number of carbonyl (C=O) groups excluding carboxylic acids is 1. The maximum atomic E-state index is 11.3. The minimum atomic E-state index is -0.0794. The van der Waals surface area contributed by atoms with Crippen LogP contribution in [0.3, 0.4) is 0 Å². The largest absolute Gasteiger partial charge is 0.337 e. The standard InChI is InChI=1S/C13H15NO/c1-9-5-4-6-13-12(9)7-8-14(13)10(2)11(3)15/h4-8,10H,1-3H3. The van der Waals surface area contributed by atoms with Gasteiger partial charge < -0.3 is 4.57 Å². The van der Waals surface area contributed by atoms with Gasteiger partial charge >= 0.3 is 0 Å². The van der Waals surface area contributed by atoms with E-state index in [0.29, 0.717) is 0 Å². The van der Waals surface area contributed by atoms with Gasteiger partial charge in [-0.05, 0) is 38.5 Å². The Labute approximate surface area is 89.5 Å². The molecule has 2 nitrogen and oxygen atoms in total. The average Bonchev–Trinajstić information content (AvgIpc) is 2.61. The summed E-state index contributed by atoms with van der Waals surface area (Å²) in [5.41, 5.74) is 2.39. The van der Waals surface area contributed by atoms with Crippen LogP contribution in [0.2, 0.25) is 0 Å². The molecule has 1 heterocycles. The van der Waals surface area contributed by atoms with E-state index in [1.807, 2.05) is 23.8 Å². The van der Waals surface area contributed by atoms with Gasteiger partial charge in [0.1, 0.15) is 0 Å². The highest BCUT2D eigenvalue weighted by Crippen LogP contribution is 2.23. The Morgan fingerprint density at radius 2 is 2.07 bits per heavy atom. The fourth-order valence-corrected chi connectivity index (χ4v) is 1.88. The third-order valence-corrected chi connectivity index (χ3v) is 2.99. The van der Waals surface area contributed by atoms with Gasteiger partial charge in [0, 0.05) is 17.1 Å². The molecule has 78 valence electrons. The van der Waals surface area contributed by atoms with Crippen molar-refractivity contribution in [1.82, 2.24) is 4.57 Å². The van der Waals surface area contributed by atoms with Crippen LogP contribution in [-0.4, -0.2) is 10.4 Å². The van der Waals surface area contributed by atoms with Crippen LogP contribution in [0.4, 0.5) is 0 Å². The summed E-state index contributed by atoms with van der Waals surface area (Å²) in [6.07, 6.45) is 1.99. The number of nitrogens with zero attached hydrogens (tertiary/aromatic N) is 1. The average molecular weight is 201 g/mol. The zero-order chi connectivity index (χ0) is 11.0. The second-order valence-electron chi connectivity index (χ2n) is 4.02. The number of carbonyl (C=O) groups is 1. The second-order valence-corrected chi connectivity index (χ2v) is 4.02. The highest BCUT2D eigenvalue weighted by molar-refractivity contribution is 5.87. The van der Waals surface area contributed by atoms with E-state index in [-0.39, 0.29) is 11.8 Å². The number of hydrogen-bond donors (Lipinski definition) is 0. The predicted octanol–water partition coefficient (Wildman–Crippen LogP) is 3.10. The number of ketones is 1. The lowest BCUT2D eigenvalue weighted by Gasteiger charge is -2.11. The summed E-state index contributed by atoms with van der Waals surface area (Å²) in [7, 11) is 0. The molecule has 0 radical (unpaired) electrons. The van der Waals surface area contributed by atoms with Crippen molar-refractivity contribution in [2.24, 2.45) is 0 Å². The topological polar surface area (TPSA) is 22.0 Å². The minimum Gasteiger partial charge on any atom is -0.337 e. The van der Waals surface area contributed by atoms with Gasteiger partial charge in [-0.2, -0.15) is 0 Å². The van der Waals surface area contributed by atoms with Crippen molar-refractivity contribution >= 4 is 16.7 Å². The fourth-order valence-electron chi connectivity index (χ4n) is 1.88. The molecule has 0 aliphatic heterocycles.